The maximum Gasteiger partial charge on any atom is 0.0481 e. The van der Waals surface area contributed by atoms with E-state index >= 15 is 0 Å². The lowest BCUT2D eigenvalue weighted by Crippen LogP contribution is -2.64. The van der Waals surface area contributed by atoms with Gasteiger partial charge in [-0.3, -0.25) is 0 Å². The lowest BCUT2D eigenvalue weighted by atomic mass is 9.68. The van der Waals surface area contributed by atoms with Crippen LogP contribution in [0.5, 0.6) is 0 Å². The van der Waals surface area contributed by atoms with E-state index in [9.17, 15) is 15.4 Å². The van der Waals surface area contributed by atoms with Gasteiger partial charge in [-0.05, 0) is 40.0 Å². The van der Waals surface area contributed by atoms with Crippen molar-refractivity contribution >= 4 is 0 Å². The zero-order valence-electron chi connectivity index (χ0n) is 10.1. The van der Waals surface area contributed by atoms with Gasteiger partial charge in [0.05, 0.1) is 0 Å². The Morgan fingerprint density at radius 1 is 1.13 bits per heavy atom. The van der Waals surface area contributed by atoms with Crippen LogP contribution in [0.15, 0.2) is 0 Å². The molecule has 4 nitrogen and oxygen atoms in total. The van der Waals surface area contributed by atoms with Crippen molar-refractivity contribution < 1.29 is 15.4 Å². The fourth-order valence-electron chi connectivity index (χ4n) is 2.95. The first-order chi connectivity index (χ1) is 6.77. The normalized spacial score (nSPS) is 35.4. The molecular formula is C11H23NO3. The lowest BCUT2D eigenvalue weighted by molar-refractivity contribution is -0.276. The molecule has 4 heteroatoms. The highest BCUT2D eigenvalue weighted by molar-refractivity contribution is 5.01. The molecule has 1 rings (SSSR count). The summed E-state index contributed by atoms with van der Waals surface area (Å²) in [7, 11) is 0. The van der Waals surface area contributed by atoms with Gasteiger partial charge in [0.25, 0.3) is 0 Å². The monoisotopic (exact) mass is 217 g/mol. The van der Waals surface area contributed by atoms with Crippen LogP contribution < -0.4 is 0 Å². The number of hydrogen-bond donors (Lipinski definition) is 3. The van der Waals surface area contributed by atoms with Crippen LogP contribution in [0.2, 0.25) is 0 Å². The van der Waals surface area contributed by atoms with Crippen LogP contribution in [0, 0.1) is 11.8 Å². The lowest BCUT2D eigenvalue weighted by Gasteiger charge is -2.55. The van der Waals surface area contributed by atoms with Gasteiger partial charge in [0.15, 0.2) is 0 Å². The minimum atomic E-state index is -0.510. The highest BCUT2D eigenvalue weighted by Gasteiger charge is 2.50. The Balaban J connectivity index is 3.01. The summed E-state index contributed by atoms with van der Waals surface area (Å²) in [6.07, 6.45) is 0.689. The van der Waals surface area contributed by atoms with E-state index in [4.69, 9.17) is 0 Å². The molecule has 1 aliphatic rings. The van der Waals surface area contributed by atoms with Gasteiger partial charge in [-0.25, -0.2) is 0 Å². The standard InChI is InChI=1S/C11H23NO3/c1-10(2)5-8(6-13)9(7-14)11(3,4)12(10)15/h8-9,13-15H,5-7H2,1-4H3. The van der Waals surface area contributed by atoms with E-state index in [0.717, 1.165) is 0 Å². The second kappa shape index (κ2) is 4.01. The molecular weight excluding hydrogens is 194 g/mol. The van der Waals surface area contributed by atoms with Crippen molar-refractivity contribution in [2.24, 2.45) is 11.8 Å². The number of aliphatic hydroxyl groups is 2. The average molecular weight is 217 g/mol. The van der Waals surface area contributed by atoms with E-state index in [1.54, 1.807) is 0 Å². The van der Waals surface area contributed by atoms with Crippen LogP contribution in [-0.2, 0) is 0 Å². The third-order valence-electron chi connectivity index (χ3n) is 3.79. The average Bonchev–Trinajstić information content (AvgIpc) is 2.13. The summed E-state index contributed by atoms with van der Waals surface area (Å²) < 4.78 is 0. The molecule has 15 heavy (non-hydrogen) atoms. The van der Waals surface area contributed by atoms with Gasteiger partial charge in [0, 0.05) is 30.2 Å². The molecule has 0 aromatic heterocycles. The number of hydroxylamine groups is 2. The first-order valence-corrected chi connectivity index (χ1v) is 5.48. The van der Waals surface area contributed by atoms with Crippen molar-refractivity contribution in [3.8, 4) is 0 Å². The highest BCUT2D eigenvalue weighted by Crippen LogP contribution is 2.43. The van der Waals surface area contributed by atoms with Crippen molar-refractivity contribution in [3.05, 3.63) is 0 Å². The van der Waals surface area contributed by atoms with Crippen molar-refractivity contribution in [1.82, 2.24) is 5.06 Å². The van der Waals surface area contributed by atoms with E-state index in [1.165, 1.54) is 5.06 Å². The van der Waals surface area contributed by atoms with E-state index in [0.29, 0.717) is 6.42 Å². The van der Waals surface area contributed by atoms with Crippen molar-refractivity contribution in [1.29, 1.82) is 0 Å². The van der Waals surface area contributed by atoms with Crippen molar-refractivity contribution in [3.63, 3.8) is 0 Å². The molecule has 1 fully saturated rings. The predicted molar refractivity (Wildman–Crippen MR) is 57.6 cm³/mol. The maximum atomic E-state index is 10.1. The van der Waals surface area contributed by atoms with Gasteiger partial charge in [-0.2, -0.15) is 5.06 Å². The topological polar surface area (TPSA) is 63.9 Å². The van der Waals surface area contributed by atoms with Gasteiger partial charge >= 0.3 is 0 Å². The van der Waals surface area contributed by atoms with E-state index < -0.39 is 5.54 Å². The highest BCUT2D eigenvalue weighted by atomic mass is 16.5. The molecule has 3 N–H and O–H groups in total. The van der Waals surface area contributed by atoms with Crippen LogP contribution in [-0.4, -0.2) is 44.8 Å². The summed E-state index contributed by atoms with van der Waals surface area (Å²) in [4.78, 5) is 0. The Kier molecular flexibility index (Phi) is 3.45. The van der Waals surface area contributed by atoms with Crippen LogP contribution in [0.4, 0.5) is 0 Å². The Labute approximate surface area is 91.5 Å². The summed E-state index contributed by atoms with van der Waals surface area (Å²) in [5, 5.41) is 30.1. The Hall–Kier alpha value is -0.160. The molecule has 1 saturated heterocycles. The third kappa shape index (κ3) is 2.04. The van der Waals surface area contributed by atoms with Crippen LogP contribution >= 0.6 is 0 Å². The number of aliphatic hydroxyl groups excluding tert-OH is 2. The molecule has 0 spiro atoms. The molecule has 0 bridgehead atoms. The van der Waals surface area contributed by atoms with Crippen molar-refractivity contribution in [2.45, 2.75) is 45.2 Å². The zero-order chi connectivity index (χ0) is 11.9. The summed E-state index contributed by atoms with van der Waals surface area (Å²) in [6, 6.07) is 0. The molecule has 0 aliphatic carbocycles. The molecule has 0 aromatic carbocycles. The van der Waals surface area contributed by atoms with E-state index in [1.807, 2.05) is 27.7 Å². The smallest absolute Gasteiger partial charge is 0.0481 e. The SMILES string of the molecule is CC1(C)CC(CO)C(CO)C(C)(C)N1O. The first-order valence-electron chi connectivity index (χ1n) is 5.48. The zero-order valence-corrected chi connectivity index (χ0v) is 10.1. The summed E-state index contributed by atoms with van der Waals surface area (Å²) in [5.74, 6) is -0.0519. The fraction of sp³-hybridized carbons (Fsp3) is 1.00. The van der Waals surface area contributed by atoms with Gasteiger partial charge in [-0.1, -0.05) is 0 Å². The Bertz CT molecular complexity index is 228. The van der Waals surface area contributed by atoms with Gasteiger partial charge in [-0.15, -0.1) is 0 Å². The van der Waals surface area contributed by atoms with Crippen LogP contribution in [0.25, 0.3) is 0 Å². The second-order valence-corrected chi connectivity index (χ2v) is 5.71. The number of rotatable bonds is 2. The molecule has 2 atom stereocenters. The molecule has 0 amide bonds. The summed E-state index contributed by atoms with van der Waals surface area (Å²) in [6.45, 7) is 7.75. The van der Waals surface area contributed by atoms with Gasteiger partial charge in [0.1, 0.15) is 0 Å². The molecule has 1 heterocycles. The molecule has 0 saturated carbocycles. The number of hydrogen-bond acceptors (Lipinski definition) is 4. The second-order valence-electron chi connectivity index (χ2n) is 5.71. The quantitative estimate of drug-likeness (QED) is 0.642. The first kappa shape index (κ1) is 12.9. The van der Waals surface area contributed by atoms with Gasteiger partial charge in [0.2, 0.25) is 0 Å². The van der Waals surface area contributed by atoms with Crippen molar-refractivity contribution in [2.75, 3.05) is 13.2 Å². The molecule has 0 aromatic rings. The Morgan fingerprint density at radius 3 is 2.07 bits per heavy atom. The van der Waals surface area contributed by atoms with E-state index in [-0.39, 0.29) is 30.6 Å². The molecule has 2 unspecified atom stereocenters. The van der Waals surface area contributed by atoms with Crippen LogP contribution in [0.3, 0.4) is 0 Å². The third-order valence-corrected chi connectivity index (χ3v) is 3.79. The predicted octanol–water partition coefficient (Wildman–Crippen LogP) is 0.855. The molecule has 90 valence electrons. The minimum Gasteiger partial charge on any atom is -0.396 e. The number of piperidine rings is 1. The maximum absolute atomic E-state index is 10.1. The molecule has 0 radical (unpaired) electrons. The Morgan fingerprint density at radius 2 is 1.67 bits per heavy atom. The molecule has 1 aliphatic heterocycles. The largest absolute Gasteiger partial charge is 0.396 e. The van der Waals surface area contributed by atoms with Crippen LogP contribution in [0.1, 0.15) is 34.1 Å². The fourth-order valence-corrected chi connectivity index (χ4v) is 2.95. The minimum absolute atomic E-state index is 0.00856. The summed E-state index contributed by atoms with van der Waals surface area (Å²) in [5.41, 5.74) is -0.869. The number of nitrogens with zero attached hydrogens (tertiary/aromatic N) is 1. The van der Waals surface area contributed by atoms with E-state index in [2.05, 4.69) is 0 Å². The summed E-state index contributed by atoms with van der Waals surface area (Å²) >= 11 is 0. The van der Waals surface area contributed by atoms with Gasteiger partial charge < -0.3 is 15.4 Å².